The number of methoxy groups -OCH3 is 1. The third-order valence-corrected chi connectivity index (χ3v) is 4.12. The van der Waals surface area contributed by atoms with E-state index in [1.807, 2.05) is 0 Å². The van der Waals surface area contributed by atoms with Crippen LogP contribution >= 0.6 is 11.6 Å². The van der Waals surface area contributed by atoms with Crippen molar-refractivity contribution in [3.63, 3.8) is 0 Å². The summed E-state index contributed by atoms with van der Waals surface area (Å²) in [6.07, 6.45) is 0. The molecule has 0 saturated heterocycles. The van der Waals surface area contributed by atoms with Crippen LogP contribution in [0.3, 0.4) is 0 Å². The maximum atomic E-state index is 11.8. The molecule has 1 aromatic rings. The summed E-state index contributed by atoms with van der Waals surface area (Å²) in [5.41, 5.74) is -0.271. The van der Waals surface area contributed by atoms with Crippen molar-refractivity contribution in [1.29, 1.82) is 0 Å². The van der Waals surface area contributed by atoms with E-state index in [4.69, 9.17) is 21.4 Å². The van der Waals surface area contributed by atoms with E-state index in [-0.39, 0.29) is 27.0 Å². The summed E-state index contributed by atoms with van der Waals surface area (Å²) in [4.78, 5) is 10.8. The summed E-state index contributed by atoms with van der Waals surface area (Å²) in [5.74, 6) is -1.65. The lowest BCUT2D eigenvalue weighted by molar-refractivity contribution is 0.0693. The Morgan fingerprint density at radius 2 is 2.06 bits per heavy atom. The topological polar surface area (TPSA) is 80.7 Å². The number of hydrogen-bond acceptors (Lipinski definition) is 4. The molecular formula is C10H11ClO5S. The van der Waals surface area contributed by atoms with Crippen LogP contribution in [-0.4, -0.2) is 32.4 Å². The fourth-order valence-corrected chi connectivity index (χ4v) is 2.70. The Balaban J connectivity index is 3.67. The first-order valence-corrected chi connectivity index (χ1v) is 6.70. The molecule has 0 atom stereocenters. The first-order valence-electron chi connectivity index (χ1n) is 4.67. The second-order valence-corrected chi connectivity index (χ2v) is 5.88. The van der Waals surface area contributed by atoms with Gasteiger partial charge in [0.05, 0.1) is 12.9 Å². The first-order chi connectivity index (χ1) is 7.83. The number of ether oxygens (including phenoxy) is 1. The molecule has 0 unspecified atom stereocenters. The van der Waals surface area contributed by atoms with Crippen molar-refractivity contribution in [2.75, 3.05) is 12.9 Å². The minimum Gasteiger partial charge on any atom is -0.494 e. The summed E-state index contributed by atoms with van der Waals surface area (Å²) in [6, 6.07) is 2.34. The molecule has 0 aliphatic rings. The SMILES string of the molecule is CCS(=O)(=O)c1cc(Cl)cc(C(=O)O)c1OC. The minimum absolute atomic E-state index is 0.0372. The lowest BCUT2D eigenvalue weighted by Crippen LogP contribution is -2.10. The van der Waals surface area contributed by atoms with Crippen molar-refractivity contribution in [1.82, 2.24) is 0 Å². The molecule has 1 aromatic carbocycles. The summed E-state index contributed by atoms with van der Waals surface area (Å²) in [6.45, 7) is 1.45. The quantitative estimate of drug-likeness (QED) is 0.909. The number of aromatic carboxylic acids is 1. The summed E-state index contributed by atoms with van der Waals surface area (Å²) in [7, 11) is -2.38. The molecule has 5 nitrogen and oxygen atoms in total. The average molecular weight is 279 g/mol. The van der Waals surface area contributed by atoms with Crippen molar-refractivity contribution in [2.24, 2.45) is 0 Å². The molecule has 17 heavy (non-hydrogen) atoms. The van der Waals surface area contributed by atoms with Crippen LogP contribution in [0.2, 0.25) is 5.02 Å². The molecule has 0 fully saturated rings. The van der Waals surface area contributed by atoms with E-state index < -0.39 is 15.8 Å². The van der Waals surface area contributed by atoms with E-state index in [0.29, 0.717) is 0 Å². The van der Waals surface area contributed by atoms with Crippen LogP contribution in [0.5, 0.6) is 5.75 Å². The second kappa shape index (κ2) is 4.93. The van der Waals surface area contributed by atoms with Crippen LogP contribution in [0, 0.1) is 0 Å². The van der Waals surface area contributed by atoms with E-state index in [1.165, 1.54) is 20.1 Å². The van der Waals surface area contributed by atoms with Gasteiger partial charge in [-0.05, 0) is 12.1 Å². The van der Waals surface area contributed by atoms with E-state index in [0.717, 1.165) is 6.07 Å². The Morgan fingerprint density at radius 1 is 1.47 bits per heavy atom. The zero-order chi connectivity index (χ0) is 13.2. The Morgan fingerprint density at radius 3 is 2.47 bits per heavy atom. The molecule has 0 spiro atoms. The van der Waals surface area contributed by atoms with Crippen molar-refractivity contribution < 1.29 is 23.1 Å². The summed E-state index contributed by atoms with van der Waals surface area (Å²) in [5, 5.41) is 8.99. The number of carbonyl (C=O) groups is 1. The van der Waals surface area contributed by atoms with Crippen LogP contribution in [-0.2, 0) is 9.84 Å². The van der Waals surface area contributed by atoms with Gasteiger partial charge in [0.2, 0.25) is 0 Å². The molecule has 0 radical (unpaired) electrons. The van der Waals surface area contributed by atoms with E-state index in [2.05, 4.69) is 0 Å². The summed E-state index contributed by atoms with van der Waals surface area (Å²) < 4.78 is 28.4. The Bertz CT molecular complexity index is 550. The van der Waals surface area contributed by atoms with Crippen LogP contribution in [0.4, 0.5) is 0 Å². The van der Waals surface area contributed by atoms with Crippen LogP contribution in [0.1, 0.15) is 17.3 Å². The van der Waals surface area contributed by atoms with Gasteiger partial charge < -0.3 is 9.84 Å². The van der Waals surface area contributed by atoms with Crippen molar-refractivity contribution in [2.45, 2.75) is 11.8 Å². The predicted octanol–water partition coefficient (Wildman–Crippen LogP) is 1.84. The maximum Gasteiger partial charge on any atom is 0.339 e. The van der Waals surface area contributed by atoms with Crippen LogP contribution in [0.15, 0.2) is 17.0 Å². The average Bonchev–Trinajstić information content (AvgIpc) is 2.27. The van der Waals surface area contributed by atoms with Crippen molar-refractivity contribution in [3.05, 3.63) is 22.7 Å². The highest BCUT2D eigenvalue weighted by Gasteiger charge is 2.24. The lowest BCUT2D eigenvalue weighted by atomic mass is 10.2. The largest absolute Gasteiger partial charge is 0.494 e. The van der Waals surface area contributed by atoms with Gasteiger partial charge in [-0.15, -0.1) is 0 Å². The number of carboxylic acid groups (broad SMARTS) is 1. The molecule has 0 saturated carbocycles. The third-order valence-electron chi connectivity index (χ3n) is 2.17. The van der Waals surface area contributed by atoms with Gasteiger partial charge in [-0.3, -0.25) is 0 Å². The second-order valence-electron chi connectivity index (χ2n) is 3.19. The Labute approximate surface area is 104 Å². The number of halogens is 1. The molecule has 0 bridgehead atoms. The van der Waals surface area contributed by atoms with Gasteiger partial charge >= 0.3 is 5.97 Å². The zero-order valence-electron chi connectivity index (χ0n) is 9.23. The number of rotatable bonds is 4. The fourth-order valence-electron chi connectivity index (χ4n) is 1.32. The van der Waals surface area contributed by atoms with E-state index >= 15 is 0 Å². The van der Waals surface area contributed by atoms with E-state index in [9.17, 15) is 13.2 Å². The standard InChI is InChI=1S/C10H11ClO5S/c1-3-17(14,15)8-5-6(11)4-7(10(12)13)9(8)16-2/h4-5H,3H2,1-2H3,(H,12,13). The number of benzene rings is 1. The van der Waals surface area contributed by atoms with Gasteiger partial charge in [-0.1, -0.05) is 18.5 Å². The Kier molecular flexibility index (Phi) is 4.00. The Hall–Kier alpha value is -1.27. The zero-order valence-corrected chi connectivity index (χ0v) is 10.8. The summed E-state index contributed by atoms with van der Waals surface area (Å²) >= 11 is 5.70. The lowest BCUT2D eigenvalue weighted by Gasteiger charge is -2.11. The van der Waals surface area contributed by atoms with E-state index in [1.54, 1.807) is 0 Å². The molecule has 7 heteroatoms. The molecular weight excluding hydrogens is 268 g/mol. The first kappa shape index (κ1) is 13.8. The molecule has 1 N–H and O–H groups in total. The fraction of sp³-hybridized carbons (Fsp3) is 0.300. The molecule has 0 amide bonds. The van der Waals surface area contributed by atoms with Gasteiger partial charge in [0.1, 0.15) is 10.5 Å². The van der Waals surface area contributed by atoms with Gasteiger partial charge in [0.25, 0.3) is 0 Å². The molecule has 0 aliphatic heterocycles. The minimum atomic E-state index is -3.59. The van der Waals surface area contributed by atoms with Gasteiger partial charge in [-0.25, -0.2) is 13.2 Å². The molecule has 1 rings (SSSR count). The molecule has 94 valence electrons. The maximum absolute atomic E-state index is 11.8. The number of hydrogen-bond donors (Lipinski definition) is 1. The smallest absolute Gasteiger partial charge is 0.339 e. The highest BCUT2D eigenvalue weighted by Crippen LogP contribution is 2.32. The third kappa shape index (κ3) is 2.70. The molecule has 0 aliphatic carbocycles. The monoisotopic (exact) mass is 278 g/mol. The van der Waals surface area contributed by atoms with Gasteiger partial charge in [0.15, 0.2) is 15.6 Å². The molecule has 0 aromatic heterocycles. The highest BCUT2D eigenvalue weighted by molar-refractivity contribution is 7.91. The van der Waals surface area contributed by atoms with Crippen LogP contribution in [0.25, 0.3) is 0 Å². The van der Waals surface area contributed by atoms with Gasteiger partial charge in [0, 0.05) is 5.02 Å². The normalized spacial score (nSPS) is 11.2. The van der Waals surface area contributed by atoms with Crippen molar-refractivity contribution in [3.8, 4) is 5.75 Å². The van der Waals surface area contributed by atoms with Crippen LogP contribution < -0.4 is 4.74 Å². The number of carboxylic acids is 1. The predicted molar refractivity (Wildman–Crippen MR) is 62.7 cm³/mol. The highest BCUT2D eigenvalue weighted by atomic mass is 35.5. The van der Waals surface area contributed by atoms with Gasteiger partial charge in [-0.2, -0.15) is 0 Å². The molecule has 0 heterocycles. The number of sulfone groups is 1. The van der Waals surface area contributed by atoms with Crippen molar-refractivity contribution >= 4 is 27.4 Å².